The van der Waals surface area contributed by atoms with Crippen molar-refractivity contribution < 1.29 is 14.3 Å². The highest BCUT2D eigenvalue weighted by Crippen LogP contribution is 2.26. The van der Waals surface area contributed by atoms with E-state index in [-0.39, 0.29) is 5.91 Å². The molecular formula is C18H21N3O3S. The van der Waals surface area contributed by atoms with Crippen molar-refractivity contribution in [3.8, 4) is 0 Å². The van der Waals surface area contributed by atoms with Crippen LogP contribution in [0.3, 0.4) is 0 Å². The molecule has 1 N–H and O–H groups in total. The number of carbonyl (C=O) groups excluding carboxylic acids is 2. The van der Waals surface area contributed by atoms with Gasteiger partial charge in [0.1, 0.15) is 11.6 Å². The summed E-state index contributed by atoms with van der Waals surface area (Å²) in [5, 5.41) is 5.10. The summed E-state index contributed by atoms with van der Waals surface area (Å²) in [6, 6.07) is 7.21. The fraction of sp³-hybridized carbons (Fsp3) is 0.389. The number of anilines is 1. The number of ether oxygens (including phenoxy) is 1. The Morgan fingerprint density at radius 1 is 1.28 bits per heavy atom. The topological polar surface area (TPSA) is 71.5 Å². The van der Waals surface area contributed by atoms with E-state index >= 15 is 0 Å². The minimum atomic E-state index is -0.631. The van der Waals surface area contributed by atoms with Crippen LogP contribution in [0.1, 0.15) is 31.9 Å². The number of hydrogen-bond donors (Lipinski definition) is 1. The molecule has 1 aromatic heterocycles. The van der Waals surface area contributed by atoms with E-state index in [1.165, 1.54) is 16.2 Å². The van der Waals surface area contributed by atoms with Crippen LogP contribution in [-0.4, -0.2) is 33.5 Å². The van der Waals surface area contributed by atoms with E-state index in [1.807, 2.05) is 45.0 Å². The van der Waals surface area contributed by atoms with Gasteiger partial charge in [0.25, 0.3) is 0 Å². The molecule has 132 valence electrons. The highest BCUT2D eigenvalue weighted by atomic mass is 32.1. The highest BCUT2D eigenvalue weighted by molar-refractivity contribution is 7.13. The predicted octanol–water partition coefficient (Wildman–Crippen LogP) is 3.44. The molecular weight excluding hydrogens is 338 g/mol. The van der Waals surface area contributed by atoms with Gasteiger partial charge in [0.15, 0.2) is 5.13 Å². The Hall–Kier alpha value is -2.41. The Morgan fingerprint density at radius 2 is 2.00 bits per heavy atom. The number of thiazole rings is 1. The molecule has 1 aliphatic heterocycles. The minimum absolute atomic E-state index is 0.254. The number of fused-ring (bicyclic) bond motifs is 1. The first-order chi connectivity index (χ1) is 11.8. The number of aromatic nitrogens is 1. The first kappa shape index (κ1) is 17.4. The molecule has 0 fully saturated rings. The third-order valence-corrected chi connectivity index (χ3v) is 4.53. The van der Waals surface area contributed by atoms with E-state index < -0.39 is 17.7 Å². The van der Waals surface area contributed by atoms with Gasteiger partial charge in [0.05, 0.1) is 6.54 Å². The summed E-state index contributed by atoms with van der Waals surface area (Å²) in [4.78, 5) is 31.0. The summed E-state index contributed by atoms with van der Waals surface area (Å²) in [6.45, 7) is 5.79. The van der Waals surface area contributed by atoms with Crippen LogP contribution in [0.25, 0.3) is 0 Å². The zero-order chi connectivity index (χ0) is 18.0. The normalized spacial score (nSPS) is 16.9. The van der Waals surface area contributed by atoms with E-state index in [2.05, 4.69) is 10.3 Å². The van der Waals surface area contributed by atoms with Gasteiger partial charge in [0.2, 0.25) is 5.91 Å². The minimum Gasteiger partial charge on any atom is -0.444 e. The largest absolute Gasteiger partial charge is 0.444 e. The van der Waals surface area contributed by atoms with Crippen LogP contribution in [0.15, 0.2) is 35.8 Å². The van der Waals surface area contributed by atoms with E-state index in [1.54, 1.807) is 11.6 Å². The summed E-state index contributed by atoms with van der Waals surface area (Å²) < 4.78 is 5.50. The molecule has 2 amide bonds. The molecule has 0 saturated carbocycles. The van der Waals surface area contributed by atoms with Gasteiger partial charge in [-0.15, -0.1) is 11.3 Å². The second-order valence-corrected chi connectivity index (χ2v) is 7.82. The fourth-order valence-corrected chi connectivity index (χ4v) is 3.28. The van der Waals surface area contributed by atoms with Crippen molar-refractivity contribution in [1.82, 2.24) is 9.88 Å². The third-order valence-electron chi connectivity index (χ3n) is 3.84. The van der Waals surface area contributed by atoms with Crippen molar-refractivity contribution in [2.75, 3.05) is 5.32 Å². The fourth-order valence-electron chi connectivity index (χ4n) is 2.74. The van der Waals surface area contributed by atoms with Crippen molar-refractivity contribution in [3.63, 3.8) is 0 Å². The van der Waals surface area contributed by atoms with Crippen molar-refractivity contribution in [1.29, 1.82) is 0 Å². The van der Waals surface area contributed by atoms with Crippen molar-refractivity contribution >= 4 is 28.5 Å². The van der Waals surface area contributed by atoms with E-state index in [4.69, 9.17) is 4.74 Å². The molecule has 1 aliphatic rings. The first-order valence-electron chi connectivity index (χ1n) is 8.10. The van der Waals surface area contributed by atoms with Crippen molar-refractivity contribution in [2.24, 2.45) is 0 Å². The molecule has 1 aromatic carbocycles. The SMILES string of the molecule is CC(C)(C)OC(=O)N1Cc2ccccc2C[C@H]1C(=O)Nc1nccs1. The number of carbonyl (C=O) groups is 2. The second-order valence-electron chi connectivity index (χ2n) is 6.92. The molecule has 0 spiro atoms. The Bertz CT molecular complexity index is 768. The van der Waals surface area contributed by atoms with Gasteiger partial charge in [-0.05, 0) is 31.9 Å². The Morgan fingerprint density at radius 3 is 2.64 bits per heavy atom. The van der Waals surface area contributed by atoms with E-state index in [0.717, 1.165) is 11.1 Å². The molecule has 2 aromatic rings. The molecule has 0 aliphatic carbocycles. The summed E-state index contributed by atoms with van der Waals surface area (Å²) in [7, 11) is 0. The molecule has 2 heterocycles. The van der Waals surface area contributed by atoms with Crippen LogP contribution in [0.5, 0.6) is 0 Å². The maximum Gasteiger partial charge on any atom is 0.411 e. The Balaban J connectivity index is 1.85. The van der Waals surface area contributed by atoms with Gasteiger partial charge in [-0.3, -0.25) is 9.69 Å². The first-order valence-corrected chi connectivity index (χ1v) is 8.98. The second kappa shape index (κ2) is 6.84. The molecule has 1 atom stereocenters. The van der Waals surface area contributed by atoms with Crippen molar-refractivity contribution in [2.45, 2.75) is 45.4 Å². The Labute approximate surface area is 150 Å². The standard InChI is InChI=1S/C18H21N3O3S/c1-18(2,3)24-17(23)21-11-13-7-5-4-6-12(13)10-14(21)15(22)20-16-19-8-9-25-16/h4-9,14H,10-11H2,1-3H3,(H,19,20,22)/t14-/m0/s1. The number of benzene rings is 1. The summed E-state index contributed by atoms with van der Waals surface area (Å²) in [5.74, 6) is -0.254. The molecule has 0 radical (unpaired) electrons. The maximum atomic E-state index is 12.8. The van der Waals surface area contributed by atoms with Crippen LogP contribution in [0.4, 0.5) is 9.93 Å². The van der Waals surface area contributed by atoms with Gasteiger partial charge in [-0.1, -0.05) is 24.3 Å². The molecule has 7 heteroatoms. The van der Waals surface area contributed by atoms with Gasteiger partial charge in [-0.2, -0.15) is 0 Å². The number of nitrogens with zero attached hydrogens (tertiary/aromatic N) is 2. The van der Waals surface area contributed by atoms with Crippen molar-refractivity contribution in [3.05, 3.63) is 47.0 Å². The summed E-state index contributed by atoms with van der Waals surface area (Å²) in [5.41, 5.74) is 1.48. The monoisotopic (exact) mass is 359 g/mol. The quantitative estimate of drug-likeness (QED) is 0.891. The maximum absolute atomic E-state index is 12.8. The number of rotatable bonds is 2. The third kappa shape index (κ3) is 4.17. The molecule has 0 unspecified atom stereocenters. The van der Waals surface area contributed by atoms with Gasteiger partial charge >= 0.3 is 6.09 Å². The molecule has 25 heavy (non-hydrogen) atoms. The van der Waals surface area contributed by atoms with Gasteiger partial charge in [-0.25, -0.2) is 9.78 Å². The average molecular weight is 359 g/mol. The number of amides is 2. The molecule has 0 bridgehead atoms. The smallest absolute Gasteiger partial charge is 0.411 e. The van der Waals surface area contributed by atoms with Crippen LogP contribution < -0.4 is 5.32 Å². The predicted molar refractivity (Wildman–Crippen MR) is 96.5 cm³/mol. The summed E-state index contributed by atoms with van der Waals surface area (Å²) >= 11 is 1.34. The number of hydrogen-bond acceptors (Lipinski definition) is 5. The average Bonchev–Trinajstić information content (AvgIpc) is 3.05. The molecule has 0 saturated heterocycles. The van der Waals surface area contributed by atoms with Crippen LogP contribution in [0.2, 0.25) is 0 Å². The van der Waals surface area contributed by atoms with Gasteiger partial charge < -0.3 is 10.1 Å². The lowest BCUT2D eigenvalue weighted by Gasteiger charge is -2.36. The zero-order valence-corrected chi connectivity index (χ0v) is 15.3. The number of nitrogens with one attached hydrogen (secondary N) is 1. The zero-order valence-electron chi connectivity index (χ0n) is 14.5. The molecule has 3 rings (SSSR count). The van der Waals surface area contributed by atoms with Crippen LogP contribution >= 0.6 is 11.3 Å². The highest BCUT2D eigenvalue weighted by Gasteiger charge is 2.37. The summed E-state index contributed by atoms with van der Waals surface area (Å²) in [6.07, 6.45) is 1.59. The lowest BCUT2D eigenvalue weighted by Crippen LogP contribution is -2.52. The van der Waals surface area contributed by atoms with E-state index in [9.17, 15) is 9.59 Å². The lowest BCUT2D eigenvalue weighted by atomic mass is 9.94. The van der Waals surface area contributed by atoms with E-state index in [0.29, 0.717) is 18.1 Å². The Kier molecular flexibility index (Phi) is 4.76. The molecule has 6 nitrogen and oxygen atoms in total. The van der Waals surface area contributed by atoms with Gasteiger partial charge in [0, 0.05) is 18.0 Å². The lowest BCUT2D eigenvalue weighted by molar-refractivity contribution is -0.121. The van der Waals surface area contributed by atoms with Crippen LogP contribution in [0, 0.1) is 0 Å². The van der Waals surface area contributed by atoms with Crippen LogP contribution in [-0.2, 0) is 22.5 Å².